The van der Waals surface area contributed by atoms with E-state index in [9.17, 15) is 14.4 Å². The molecule has 0 unspecified atom stereocenters. The third kappa shape index (κ3) is 4.30. The Morgan fingerprint density at radius 2 is 2.11 bits per heavy atom. The van der Waals surface area contributed by atoms with E-state index in [-0.39, 0.29) is 24.4 Å². The van der Waals surface area contributed by atoms with E-state index in [1.54, 1.807) is 13.0 Å². The molecule has 0 bridgehead atoms. The van der Waals surface area contributed by atoms with E-state index < -0.39 is 5.97 Å². The maximum Gasteiger partial charge on any atom is 0.306 e. The smallest absolute Gasteiger partial charge is 0.306 e. The zero-order valence-electron chi connectivity index (χ0n) is 15.3. The molecule has 0 saturated carbocycles. The van der Waals surface area contributed by atoms with Crippen LogP contribution >= 0.6 is 11.3 Å². The molecule has 8 nitrogen and oxygen atoms in total. The second kappa shape index (κ2) is 7.83. The van der Waals surface area contributed by atoms with Gasteiger partial charge in [0, 0.05) is 12.5 Å². The van der Waals surface area contributed by atoms with Crippen molar-refractivity contribution in [3.05, 3.63) is 50.3 Å². The summed E-state index contributed by atoms with van der Waals surface area (Å²) in [5.74, 6) is 0.588. The van der Waals surface area contributed by atoms with Crippen LogP contribution < -0.4 is 5.56 Å². The summed E-state index contributed by atoms with van der Waals surface area (Å²) in [7, 11) is 0. The molecule has 0 aliphatic carbocycles. The molecular formula is C18H19N3O5S. The number of aryl methyl sites for hydroxylation is 3. The predicted octanol–water partition coefficient (Wildman–Crippen LogP) is 2.49. The van der Waals surface area contributed by atoms with Crippen molar-refractivity contribution in [3.63, 3.8) is 0 Å². The normalized spacial score (nSPS) is 11.1. The lowest BCUT2D eigenvalue weighted by Crippen LogP contribution is -2.16. The monoisotopic (exact) mass is 389 g/mol. The van der Waals surface area contributed by atoms with Crippen LogP contribution in [0.5, 0.6) is 0 Å². The van der Waals surface area contributed by atoms with Crippen LogP contribution in [0.1, 0.15) is 52.8 Å². The quantitative estimate of drug-likeness (QED) is 0.452. The van der Waals surface area contributed by atoms with Gasteiger partial charge in [-0.2, -0.15) is 9.61 Å². The summed E-state index contributed by atoms with van der Waals surface area (Å²) >= 11 is 1.33. The number of aromatic nitrogens is 3. The molecule has 3 aromatic heterocycles. The van der Waals surface area contributed by atoms with E-state index in [2.05, 4.69) is 10.1 Å². The average Bonchev–Trinajstić information content (AvgIpc) is 3.21. The second-order valence-electron chi connectivity index (χ2n) is 6.03. The number of ketones is 1. The fourth-order valence-electron chi connectivity index (χ4n) is 2.58. The van der Waals surface area contributed by atoms with Crippen molar-refractivity contribution in [2.45, 2.75) is 46.6 Å². The van der Waals surface area contributed by atoms with Gasteiger partial charge in [-0.15, -0.1) is 0 Å². The molecule has 9 heteroatoms. The number of carbonyl (C=O) groups is 2. The summed E-state index contributed by atoms with van der Waals surface area (Å²) in [6.07, 6.45) is 1.15. The number of nitrogens with zero attached hydrogens (tertiary/aromatic N) is 3. The van der Waals surface area contributed by atoms with E-state index in [1.807, 2.05) is 6.92 Å². The lowest BCUT2D eigenvalue weighted by Gasteiger charge is -2.03. The molecule has 0 saturated heterocycles. The van der Waals surface area contributed by atoms with Crippen LogP contribution in [0.15, 0.2) is 21.3 Å². The second-order valence-corrected chi connectivity index (χ2v) is 7.07. The first-order chi connectivity index (χ1) is 12.9. The molecule has 0 spiro atoms. The molecule has 0 amide bonds. The Balaban J connectivity index is 1.59. The minimum absolute atomic E-state index is 0.0767. The van der Waals surface area contributed by atoms with Crippen LogP contribution in [0, 0.1) is 6.92 Å². The Morgan fingerprint density at radius 1 is 1.33 bits per heavy atom. The SMILES string of the molecule is CCc1nn2c(=O)cc(COC(=O)CCc3cc(C(C)=O)c(C)o3)nc2s1. The fourth-order valence-corrected chi connectivity index (χ4v) is 3.44. The number of rotatable bonds is 7. The number of fused-ring (bicyclic) bond motifs is 1. The Hall–Kier alpha value is -2.81. The fraction of sp³-hybridized carbons (Fsp3) is 0.389. The van der Waals surface area contributed by atoms with Gasteiger partial charge in [0.15, 0.2) is 5.78 Å². The summed E-state index contributed by atoms with van der Waals surface area (Å²) in [5, 5.41) is 4.98. The minimum atomic E-state index is -0.436. The lowest BCUT2D eigenvalue weighted by atomic mass is 10.1. The van der Waals surface area contributed by atoms with Crippen LogP contribution in [0.25, 0.3) is 4.96 Å². The van der Waals surface area contributed by atoms with Crippen LogP contribution in [0.4, 0.5) is 0 Å². The Morgan fingerprint density at radius 3 is 2.78 bits per heavy atom. The van der Waals surface area contributed by atoms with Gasteiger partial charge in [0.2, 0.25) is 4.96 Å². The molecule has 3 rings (SSSR count). The number of hydrogen-bond donors (Lipinski definition) is 0. The number of furan rings is 1. The number of ether oxygens (including phenoxy) is 1. The first-order valence-electron chi connectivity index (χ1n) is 8.52. The van der Waals surface area contributed by atoms with Crippen molar-refractivity contribution in [1.82, 2.24) is 14.6 Å². The number of esters is 1. The van der Waals surface area contributed by atoms with Crippen molar-refractivity contribution < 1.29 is 18.7 Å². The highest BCUT2D eigenvalue weighted by atomic mass is 32.1. The van der Waals surface area contributed by atoms with Gasteiger partial charge < -0.3 is 9.15 Å². The molecule has 0 N–H and O–H groups in total. The molecule has 3 aromatic rings. The molecule has 0 radical (unpaired) electrons. The van der Waals surface area contributed by atoms with Gasteiger partial charge in [-0.05, 0) is 26.3 Å². The van der Waals surface area contributed by atoms with Gasteiger partial charge in [0.25, 0.3) is 5.56 Å². The zero-order valence-corrected chi connectivity index (χ0v) is 16.1. The third-order valence-corrected chi connectivity index (χ3v) is 5.00. The first-order valence-corrected chi connectivity index (χ1v) is 9.33. The molecule has 0 atom stereocenters. The van der Waals surface area contributed by atoms with Crippen LogP contribution in [0.3, 0.4) is 0 Å². The molecule has 27 heavy (non-hydrogen) atoms. The Labute approximate surface area is 158 Å². The highest BCUT2D eigenvalue weighted by Gasteiger charge is 2.14. The summed E-state index contributed by atoms with van der Waals surface area (Å²) in [6.45, 7) is 5.04. The van der Waals surface area contributed by atoms with Crippen LogP contribution in [-0.4, -0.2) is 26.4 Å². The Kier molecular flexibility index (Phi) is 5.50. The Bertz CT molecular complexity index is 1060. The predicted molar refractivity (Wildman–Crippen MR) is 98.1 cm³/mol. The summed E-state index contributed by atoms with van der Waals surface area (Å²) in [5.41, 5.74) is 0.601. The van der Waals surface area contributed by atoms with E-state index in [1.165, 1.54) is 28.8 Å². The van der Waals surface area contributed by atoms with Gasteiger partial charge in [0.05, 0.1) is 17.7 Å². The standard InChI is InChI=1S/C18H19N3O5S/c1-4-15-20-21-16(23)7-12(19-18(21)27-15)9-25-17(24)6-5-13-8-14(10(2)22)11(3)26-13/h7-8H,4-6,9H2,1-3H3. The molecule has 0 aliphatic rings. The molecule has 0 fully saturated rings. The summed E-state index contributed by atoms with van der Waals surface area (Å²) in [6, 6.07) is 2.96. The van der Waals surface area contributed by atoms with Crippen molar-refractivity contribution in [2.24, 2.45) is 0 Å². The van der Waals surface area contributed by atoms with Crippen molar-refractivity contribution in [1.29, 1.82) is 0 Å². The largest absolute Gasteiger partial charge is 0.466 e. The van der Waals surface area contributed by atoms with E-state index in [0.717, 1.165) is 11.4 Å². The summed E-state index contributed by atoms with van der Waals surface area (Å²) in [4.78, 5) is 40.2. The molecule has 142 valence electrons. The van der Waals surface area contributed by atoms with Crippen molar-refractivity contribution in [3.8, 4) is 0 Å². The molecule has 0 aliphatic heterocycles. The van der Waals surface area contributed by atoms with Gasteiger partial charge in [-0.3, -0.25) is 14.4 Å². The van der Waals surface area contributed by atoms with Gasteiger partial charge in [-0.1, -0.05) is 18.3 Å². The third-order valence-electron chi connectivity index (χ3n) is 3.95. The number of Topliss-reactive ketones (excluding diaryl/α,β-unsaturated/α-hetero) is 1. The van der Waals surface area contributed by atoms with E-state index in [4.69, 9.17) is 9.15 Å². The molecule has 0 aromatic carbocycles. The van der Waals surface area contributed by atoms with Gasteiger partial charge in [0.1, 0.15) is 23.1 Å². The van der Waals surface area contributed by atoms with Crippen molar-refractivity contribution in [2.75, 3.05) is 0 Å². The van der Waals surface area contributed by atoms with E-state index >= 15 is 0 Å². The maximum absolute atomic E-state index is 12.1. The molecule has 3 heterocycles. The maximum atomic E-state index is 12.1. The average molecular weight is 389 g/mol. The first kappa shape index (κ1) is 19.0. The highest BCUT2D eigenvalue weighted by Crippen LogP contribution is 2.17. The van der Waals surface area contributed by atoms with Crippen LogP contribution in [0.2, 0.25) is 0 Å². The lowest BCUT2D eigenvalue weighted by molar-refractivity contribution is -0.145. The minimum Gasteiger partial charge on any atom is -0.466 e. The summed E-state index contributed by atoms with van der Waals surface area (Å²) < 4.78 is 11.9. The zero-order chi connectivity index (χ0) is 19.6. The van der Waals surface area contributed by atoms with Gasteiger partial charge >= 0.3 is 5.97 Å². The van der Waals surface area contributed by atoms with Gasteiger partial charge in [-0.25, -0.2) is 4.98 Å². The highest BCUT2D eigenvalue weighted by molar-refractivity contribution is 7.16. The topological polar surface area (TPSA) is 104 Å². The van der Waals surface area contributed by atoms with E-state index in [0.29, 0.717) is 34.2 Å². The number of carbonyl (C=O) groups excluding carboxylic acids is 2. The van der Waals surface area contributed by atoms with Crippen LogP contribution in [-0.2, 0) is 29.0 Å². The van der Waals surface area contributed by atoms with Crippen molar-refractivity contribution >= 4 is 28.1 Å². The number of hydrogen-bond acceptors (Lipinski definition) is 8. The molecular weight excluding hydrogens is 370 g/mol.